The highest BCUT2D eigenvalue weighted by atomic mass is 32.1. The summed E-state index contributed by atoms with van der Waals surface area (Å²) in [6, 6.07) is 0. The molecule has 104 valence electrons. The van der Waals surface area contributed by atoms with Crippen LogP contribution in [0.15, 0.2) is 42.5 Å². The summed E-state index contributed by atoms with van der Waals surface area (Å²) in [7, 11) is 0. The molecular weight excluding hydrogens is 268 g/mol. The lowest BCUT2D eigenvalue weighted by molar-refractivity contribution is -0.269. The predicted octanol–water partition coefficient (Wildman–Crippen LogP) is 4.23. The Morgan fingerprint density at radius 1 is 1.00 bits per heavy atom. The van der Waals surface area contributed by atoms with Gasteiger partial charge < -0.3 is 5.11 Å². The molecule has 0 radical (unpaired) electrons. The largest absolute Gasteiger partial charge is 0.869 e. The van der Waals surface area contributed by atoms with Crippen LogP contribution in [-0.2, 0) is 0 Å². The Morgan fingerprint density at radius 3 is 2.20 bits per heavy atom. The van der Waals surface area contributed by atoms with Crippen LogP contribution in [0.5, 0.6) is 5.75 Å². The van der Waals surface area contributed by atoms with Crippen molar-refractivity contribution in [3.05, 3.63) is 63.4 Å². The molecule has 0 amide bonds. The molecule has 1 aromatic heterocycles. The first-order valence-electron chi connectivity index (χ1n) is 6.34. The van der Waals surface area contributed by atoms with Gasteiger partial charge in [0.2, 0.25) is 17.6 Å². The van der Waals surface area contributed by atoms with Crippen molar-refractivity contribution in [3.8, 4) is 5.75 Å². The minimum absolute atomic E-state index is 0.0113. The van der Waals surface area contributed by atoms with Gasteiger partial charge in [-0.1, -0.05) is 42.5 Å². The maximum atomic E-state index is 11.9. The van der Waals surface area contributed by atoms with Crippen LogP contribution >= 0.6 is 11.3 Å². The number of hydrogen-bond donors (Lipinski definition) is 0. The number of aryl methyl sites for hydroxylation is 1. The molecule has 0 aliphatic rings. The van der Waals surface area contributed by atoms with Crippen molar-refractivity contribution in [1.82, 2.24) is 0 Å². The first kappa shape index (κ1) is 16.1. The summed E-state index contributed by atoms with van der Waals surface area (Å²) in [5.41, 5.74) is 1.33. The molecule has 0 fully saturated rings. The molecule has 0 aliphatic heterocycles. The van der Waals surface area contributed by atoms with E-state index in [1.165, 1.54) is 11.3 Å². The maximum Gasteiger partial charge on any atom is 0.277 e. The molecule has 0 aliphatic carbocycles. The monoisotopic (exact) mass is 286 g/mol. The minimum Gasteiger partial charge on any atom is -0.869 e. The Balaban J connectivity index is 2.97. The third kappa shape index (κ3) is 4.28. The molecule has 3 heteroatoms. The summed E-state index contributed by atoms with van der Waals surface area (Å²) in [4.78, 5) is 12.3. The van der Waals surface area contributed by atoms with Gasteiger partial charge in [-0.3, -0.25) is 4.79 Å². The van der Waals surface area contributed by atoms with Gasteiger partial charge in [0.15, 0.2) is 4.88 Å². The highest BCUT2D eigenvalue weighted by Crippen LogP contribution is 2.30. The van der Waals surface area contributed by atoms with E-state index in [4.69, 9.17) is 0 Å². The molecule has 0 N–H and O–H groups in total. The Morgan fingerprint density at radius 2 is 1.60 bits per heavy atom. The van der Waals surface area contributed by atoms with E-state index in [0.29, 0.717) is 20.9 Å². The number of hydrogen-bond acceptors (Lipinski definition) is 2. The molecule has 1 rings (SSSR count). The van der Waals surface area contributed by atoms with Crippen molar-refractivity contribution in [2.24, 2.45) is 0 Å². The molecule has 0 saturated heterocycles. The maximum absolute atomic E-state index is 11.9. The first-order valence-corrected chi connectivity index (χ1v) is 7.15. The van der Waals surface area contributed by atoms with Crippen molar-refractivity contribution in [1.29, 1.82) is 0 Å². The topological polar surface area (TPSA) is 40.1 Å². The van der Waals surface area contributed by atoms with Gasteiger partial charge in [0.1, 0.15) is 0 Å². The third-order valence-corrected chi connectivity index (χ3v) is 3.74. The van der Waals surface area contributed by atoms with E-state index in [0.717, 1.165) is 6.29 Å². The smallest absolute Gasteiger partial charge is 0.277 e. The molecule has 0 atom stereocenters. The van der Waals surface area contributed by atoms with Gasteiger partial charge in [0.25, 0.3) is 4.88 Å². The van der Waals surface area contributed by atoms with Gasteiger partial charge in [0, 0.05) is 12.5 Å². The SMILES string of the molecule is C/C=C/C=C/C=C/C=C/c1c(C=O)[s+]c(C)c([O-])c1C. The number of rotatable bonds is 5. The number of allylic oxidation sites excluding steroid dienone is 7. The van der Waals surface area contributed by atoms with Gasteiger partial charge in [-0.05, 0) is 31.2 Å². The standard InChI is InChI=1S/C17H18O2S/c1-4-5-6-7-8-9-10-11-15-13(2)17(19)14(3)20-16(15)12-18/h4-12H,1-3H3/b5-4+,7-6+,9-8+,11-10+. The fraction of sp³-hybridized carbons (Fsp3) is 0.176. The Bertz CT molecular complexity index is 593. The minimum atomic E-state index is 0.0113. The molecule has 0 saturated carbocycles. The fourth-order valence-corrected chi connectivity index (χ4v) is 2.61. The summed E-state index contributed by atoms with van der Waals surface area (Å²) in [5.74, 6) is 0.0113. The molecule has 20 heavy (non-hydrogen) atoms. The van der Waals surface area contributed by atoms with E-state index in [9.17, 15) is 9.90 Å². The van der Waals surface area contributed by atoms with Crippen LogP contribution in [0.1, 0.15) is 32.6 Å². The van der Waals surface area contributed by atoms with Crippen molar-refractivity contribution in [3.63, 3.8) is 0 Å². The normalized spacial score (nSPS) is 12.3. The van der Waals surface area contributed by atoms with Gasteiger partial charge in [0.05, 0.1) is 0 Å². The Labute approximate surface area is 124 Å². The summed E-state index contributed by atoms with van der Waals surface area (Å²) in [6.45, 7) is 5.45. The van der Waals surface area contributed by atoms with Crippen LogP contribution in [0.2, 0.25) is 0 Å². The molecule has 1 heterocycles. The van der Waals surface area contributed by atoms with Gasteiger partial charge in [-0.2, -0.15) is 0 Å². The van der Waals surface area contributed by atoms with E-state index < -0.39 is 0 Å². The van der Waals surface area contributed by atoms with Crippen LogP contribution in [0.4, 0.5) is 0 Å². The van der Waals surface area contributed by atoms with Crippen molar-refractivity contribution in [2.75, 3.05) is 0 Å². The zero-order chi connectivity index (χ0) is 15.0. The van der Waals surface area contributed by atoms with Crippen LogP contribution < -0.4 is 5.11 Å². The van der Waals surface area contributed by atoms with Crippen LogP contribution in [-0.4, -0.2) is 6.29 Å². The second kappa shape index (κ2) is 8.23. The second-order valence-corrected chi connectivity index (χ2v) is 5.42. The molecule has 1 aromatic rings. The summed E-state index contributed by atoms with van der Waals surface area (Å²) < 4.78 is 0. The fourth-order valence-electron chi connectivity index (χ4n) is 1.65. The average Bonchev–Trinajstić information content (AvgIpc) is 2.45. The average molecular weight is 286 g/mol. The van der Waals surface area contributed by atoms with Crippen LogP contribution in [0.3, 0.4) is 0 Å². The lowest BCUT2D eigenvalue weighted by atomic mass is 10.1. The van der Waals surface area contributed by atoms with E-state index in [1.54, 1.807) is 19.9 Å². The van der Waals surface area contributed by atoms with Crippen LogP contribution in [0.25, 0.3) is 6.08 Å². The molecular formula is C17H18O2S. The van der Waals surface area contributed by atoms with Crippen molar-refractivity contribution in [2.45, 2.75) is 20.8 Å². The lowest BCUT2D eigenvalue weighted by Crippen LogP contribution is -2.00. The quantitative estimate of drug-likeness (QED) is 0.461. The lowest BCUT2D eigenvalue weighted by Gasteiger charge is -2.10. The second-order valence-electron chi connectivity index (χ2n) is 4.16. The highest BCUT2D eigenvalue weighted by molar-refractivity contribution is 7.13. The molecule has 0 aromatic carbocycles. The Hall–Kier alpha value is -2.00. The van der Waals surface area contributed by atoms with Gasteiger partial charge in [-0.15, -0.1) is 0 Å². The van der Waals surface area contributed by atoms with Crippen LogP contribution in [0, 0.1) is 13.8 Å². The number of aldehydes is 1. The molecule has 2 nitrogen and oxygen atoms in total. The highest BCUT2D eigenvalue weighted by Gasteiger charge is 2.17. The zero-order valence-corrected chi connectivity index (χ0v) is 12.7. The molecule has 0 bridgehead atoms. The number of carbonyl (C=O) groups excluding carboxylic acids is 1. The van der Waals surface area contributed by atoms with E-state index in [2.05, 4.69) is 0 Å². The molecule has 0 unspecified atom stereocenters. The van der Waals surface area contributed by atoms with E-state index in [-0.39, 0.29) is 5.75 Å². The predicted molar refractivity (Wildman–Crippen MR) is 85.2 cm³/mol. The summed E-state index contributed by atoms with van der Waals surface area (Å²) in [6.07, 6.45) is 15.9. The van der Waals surface area contributed by atoms with Crippen molar-refractivity contribution >= 4 is 23.7 Å². The van der Waals surface area contributed by atoms with E-state index in [1.807, 2.05) is 49.5 Å². The zero-order valence-electron chi connectivity index (χ0n) is 11.9. The summed E-state index contributed by atoms with van der Waals surface area (Å²) in [5, 5.41) is 11.9. The Kier molecular flexibility index (Phi) is 6.60. The van der Waals surface area contributed by atoms with Crippen molar-refractivity contribution < 1.29 is 9.90 Å². The summed E-state index contributed by atoms with van der Waals surface area (Å²) >= 11 is 1.24. The first-order chi connectivity index (χ1) is 9.61. The third-order valence-electron chi connectivity index (χ3n) is 2.71. The molecule has 0 spiro atoms. The van der Waals surface area contributed by atoms with Gasteiger partial charge >= 0.3 is 0 Å². The van der Waals surface area contributed by atoms with Gasteiger partial charge in [-0.25, -0.2) is 0 Å². The number of carbonyl (C=O) groups is 1. The van der Waals surface area contributed by atoms with E-state index >= 15 is 0 Å².